The number of nitrogens with one attached hydrogen (secondary N) is 1. The van der Waals surface area contributed by atoms with Crippen LogP contribution in [-0.2, 0) is 4.79 Å². The van der Waals surface area contributed by atoms with Crippen molar-refractivity contribution in [2.24, 2.45) is 0 Å². The number of rotatable bonds is 5. The van der Waals surface area contributed by atoms with Crippen LogP contribution in [0.15, 0.2) is 33.3 Å². The van der Waals surface area contributed by atoms with Crippen LogP contribution in [0.5, 0.6) is 5.75 Å². The third-order valence-corrected chi connectivity index (χ3v) is 4.36. The molecule has 1 amide bonds. The molecule has 4 nitrogen and oxygen atoms in total. The standard InChI is InChI=1S/C19H20Br2N2O2/c1-4-6-17(24)23-19(2,3)7-5-8-25-15-10-13-9-14(20)12-22-18(13)16(21)11-15/h9-12H,4,6,8H2,1-3H3,(H,23,24). The average Bonchev–Trinajstić information content (AvgIpc) is 2.51. The second kappa shape index (κ2) is 8.68. The molecule has 0 atom stereocenters. The predicted molar refractivity (Wildman–Crippen MR) is 108 cm³/mol. The van der Waals surface area contributed by atoms with Gasteiger partial charge in [0.2, 0.25) is 5.91 Å². The summed E-state index contributed by atoms with van der Waals surface area (Å²) in [6.45, 7) is 5.97. The summed E-state index contributed by atoms with van der Waals surface area (Å²) in [6.07, 6.45) is 3.09. The van der Waals surface area contributed by atoms with Crippen LogP contribution in [0.1, 0.15) is 33.6 Å². The smallest absolute Gasteiger partial charge is 0.221 e. The highest BCUT2D eigenvalue weighted by molar-refractivity contribution is 9.11. The minimum Gasteiger partial charge on any atom is -0.481 e. The summed E-state index contributed by atoms with van der Waals surface area (Å²) in [6, 6.07) is 5.78. The Balaban J connectivity index is 2.03. The summed E-state index contributed by atoms with van der Waals surface area (Å²) in [7, 11) is 0. The fourth-order valence-electron chi connectivity index (χ4n) is 2.28. The van der Waals surface area contributed by atoms with Gasteiger partial charge in [-0.1, -0.05) is 18.8 Å². The zero-order valence-corrected chi connectivity index (χ0v) is 17.6. The molecule has 0 aliphatic carbocycles. The molecule has 0 fully saturated rings. The molecule has 0 aliphatic rings. The van der Waals surface area contributed by atoms with Crippen LogP contribution in [0.4, 0.5) is 0 Å². The lowest BCUT2D eigenvalue weighted by Gasteiger charge is -2.19. The molecule has 0 unspecified atom stereocenters. The van der Waals surface area contributed by atoms with E-state index in [0.29, 0.717) is 12.2 Å². The maximum atomic E-state index is 11.7. The van der Waals surface area contributed by atoms with Crippen LogP contribution in [0, 0.1) is 11.8 Å². The van der Waals surface area contributed by atoms with Gasteiger partial charge in [-0.05, 0) is 70.3 Å². The summed E-state index contributed by atoms with van der Waals surface area (Å²) in [5.74, 6) is 6.74. The Morgan fingerprint density at radius 1 is 1.32 bits per heavy atom. The Kier molecular flexibility index (Phi) is 6.86. The molecule has 0 bridgehead atoms. The van der Waals surface area contributed by atoms with E-state index in [-0.39, 0.29) is 12.5 Å². The minimum absolute atomic E-state index is 0.0132. The number of pyridine rings is 1. The Bertz CT molecular complexity index is 838. The molecule has 1 aromatic heterocycles. The fourth-order valence-corrected chi connectivity index (χ4v) is 3.19. The van der Waals surface area contributed by atoms with Gasteiger partial charge in [0.25, 0.3) is 0 Å². The van der Waals surface area contributed by atoms with Crippen molar-refractivity contribution in [2.75, 3.05) is 6.61 Å². The van der Waals surface area contributed by atoms with Gasteiger partial charge < -0.3 is 10.1 Å². The first kappa shape index (κ1) is 19.7. The SMILES string of the molecule is CCCC(=O)NC(C)(C)C#CCOc1cc(Br)c2ncc(Br)cc2c1. The van der Waals surface area contributed by atoms with Crippen LogP contribution in [0.2, 0.25) is 0 Å². The highest BCUT2D eigenvalue weighted by atomic mass is 79.9. The molecule has 0 saturated heterocycles. The first-order valence-electron chi connectivity index (χ1n) is 7.99. The van der Waals surface area contributed by atoms with Gasteiger partial charge in [0.15, 0.2) is 0 Å². The number of halogens is 2. The van der Waals surface area contributed by atoms with E-state index in [1.54, 1.807) is 6.20 Å². The van der Waals surface area contributed by atoms with Crippen LogP contribution in [-0.4, -0.2) is 23.0 Å². The molecule has 0 saturated carbocycles. The molecule has 6 heteroatoms. The van der Waals surface area contributed by atoms with Crippen LogP contribution >= 0.6 is 31.9 Å². The Morgan fingerprint density at radius 2 is 2.08 bits per heavy atom. The van der Waals surface area contributed by atoms with Crippen molar-refractivity contribution in [1.82, 2.24) is 10.3 Å². The molecule has 132 valence electrons. The summed E-state index contributed by atoms with van der Waals surface area (Å²) < 4.78 is 7.50. The van der Waals surface area contributed by atoms with E-state index in [1.165, 1.54) is 0 Å². The van der Waals surface area contributed by atoms with E-state index in [9.17, 15) is 4.79 Å². The molecule has 2 aromatic rings. The van der Waals surface area contributed by atoms with Gasteiger partial charge in [-0.25, -0.2) is 0 Å². The minimum atomic E-state index is -0.575. The Labute approximate surface area is 165 Å². The van der Waals surface area contributed by atoms with Gasteiger partial charge in [0.05, 0.1) is 11.1 Å². The predicted octanol–water partition coefficient (Wildman–Crippen LogP) is 4.84. The highest BCUT2D eigenvalue weighted by Crippen LogP contribution is 2.29. The lowest BCUT2D eigenvalue weighted by molar-refractivity contribution is -0.122. The highest BCUT2D eigenvalue weighted by Gasteiger charge is 2.16. The Morgan fingerprint density at radius 3 is 2.80 bits per heavy atom. The van der Waals surface area contributed by atoms with Crippen molar-refractivity contribution in [1.29, 1.82) is 0 Å². The number of fused-ring (bicyclic) bond motifs is 1. The number of hydrogen-bond acceptors (Lipinski definition) is 3. The quantitative estimate of drug-likeness (QED) is 0.640. The fraction of sp³-hybridized carbons (Fsp3) is 0.368. The summed E-state index contributed by atoms with van der Waals surface area (Å²) in [4.78, 5) is 16.1. The van der Waals surface area contributed by atoms with E-state index in [0.717, 1.165) is 26.3 Å². The topological polar surface area (TPSA) is 51.2 Å². The van der Waals surface area contributed by atoms with Gasteiger partial charge >= 0.3 is 0 Å². The van der Waals surface area contributed by atoms with Crippen molar-refractivity contribution in [2.45, 2.75) is 39.2 Å². The lowest BCUT2D eigenvalue weighted by atomic mass is 10.1. The molecule has 1 N–H and O–H groups in total. The number of nitrogens with zero attached hydrogens (tertiary/aromatic N) is 1. The first-order chi connectivity index (χ1) is 11.8. The summed E-state index contributed by atoms with van der Waals surface area (Å²) in [5.41, 5.74) is 0.301. The zero-order valence-electron chi connectivity index (χ0n) is 14.5. The molecule has 1 aromatic carbocycles. The number of carbonyl (C=O) groups is 1. The molecular weight excluding hydrogens is 448 g/mol. The molecule has 0 aliphatic heterocycles. The summed E-state index contributed by atoms with van der Waals surface area (Å²) in [5, 5.41) is 3.88. The first-order valence-corrected chi connectivity index (χ1v) is 9.58. The second-order valence-electron chi connectivity index (χ2n) is 6.14. The third kappa shape index (κ3) is 6.02. The number of benzene rings is 1. The number of hydrogen-bond donors (Lipinski definition) is 1. The van der Waals surface area contributed by atoms with Crippen molar-refractivity contribution < 1.29 is 9.53 Å². The molecule has 0 radical (unpaired) electrons. The van der Waals surface area contributed by atoms with Gasteiger partial charge in [-0.3, -0.25) is 9.78 Å². The van der Waals surface area contributed by atoms with E-state index < -0.39 is 5.54 Å². The molecule has 2 rings (SSSR count). The van der Waals surface area contributed by atoms with E-state index in [2.05, 4.69) is 54.0 Å². The third-order valence-electron chi connectivity index (χ3n) is 3.32. The maximum absolute atomic E-state index is 11.7. The van der Waals surface area contributed by atoms with E-state index in [1.807, 2.05) is 39.0 Å². The van der Waals surface area contributed by atoms with Crippen molar-refractivity contribution in [3.05, 3.63) is 33.3 Å². The van der Waals surface area contributed by atoms with Crippen molar-refractivity contribution in [3.63, 3.8) is 0 Å². The molecule has 0 spiro atoms. The van der Waals surface area contributed by atoms with Gasteiger partial charge in [0.1, 0.15) is 12.4 Å². The van der Waals surface area contributed by atoms with E-state index >= 15 is 0 Å². The molecule has 25 heavy (non-hydrogen) atoms. The monoisotopic (exact) mass is 466 g/mol. The second-order valence-corrected chi connectivity index (χ2v) is 7.91. The number of ether oxygens (including phenoxy) is 1. The number of carbonyl (C=O) groups excluding carboxylic acids is 1. The van der Waals surface area contributed by atoms with Crippen molar-refractivity contribution in [3.8, 4) is 17.6 Å². The number of aromatic nitrogens is 1. The van der Waals surface area contributed by atoms with E-state index in [4.69, 9.17) is 4.74 Å². The lowest BCUT2D eigenvalue weighted by Crippen LogP contribution is -2.42. The molecule has 1 heterocycles. The summed E-state index contributed by atoms with van der Waals surface area (Å²) >= 11 is 6.94. The largest absolute Gasteiger partial charge is 0.481 e. The van der Waals surface area contributed by atoms with Gasteiger partial charge in [-0.2, -0.15) is 0 Å². The van der Waals surface area contributed by atoms with Crippen LogP contribution < -0.4 is 10.1 Å². The van der Waals surface area contributed by atoms with Crippen LogP contribution in [0.3, 0.4) is 0 Å². The maximum Gasteiger partial charge on any atom is 0.221 e. The number of amides is 1. The van der Waals surface area contributed by atoms with Gasteiger partial charge in [0, 0.05) is 26.9 Å². The average molecular weight is 468 g/mol. The van der Waals surface area contributed by atoms with Crippen molar-refractivity contribution >= 4 is 48.7 Å². The van der Waals surface area contributed by atoms with Crippen LogP contribution in [0.25, 0.3) is 10.9 Å². The normalized spacial score (nSPS) is 10.9. The zero-order chi connectivity index (χ0) is 18.4. The Hall–Kier alpha value is -1.58. The molecular formula is C19H20Br2N2O2. The van der Waals surface area contributed by atoms with Gasteiger partial charge in [-0.15, -0.1) is 0 Å².